The Bertz CT molecular complexity index is 1380. The molecule has 2 aromatic heterocycles. The van der Waals surface area contributed by atoms with Crippen molar-refractivity contribution in [2.75, 3.05) is 7.11 Å². The Morgan fingerprint density at radius 1 is 1.09 bits per heavy atom. The second kappa shape index (κ2) is 8.02. The van der Waals surface area contributed by atoms with E-state index in [9.17, 15) is 14.7 Å². The van der Waals surface area contributed by atoms with Crippen LogP contribution in [0.2, 0.25) is 0 Å². The van der Waals surface area contributed by atoms with Crippen LogP contribution in [0.4, 0.5) is 0 Å². The summed E-state index contributed by atoms with van der Waals surface area (Å²) in [4.78, 5) is 31.2. The average molecular weight is 442 g/mol. The van der Waals surface area contributed by atoms with Gasteiger partial charge in [-0.3, -0.25) is 9.59 Å². The summed E-state index contributed by atoms with van der Waals surface area (Å²) in [5, 5.41) is 12.1. The summed E-state index contributed by atoms with van der Waals surface area (Å²) in [5.41, 5.74) is 2.94. The topological polar surface area (TPSA) is 95.8 Å². The minimum Gasteiger partial charge on any atom is -0.507 e. The van der Waals surface area contributed by atoms with Gasteiger partial charge in [-0.2, -0.15) is 0 Å². The van der Waals surface area contributed by atoms with Crippen molar-refractivity contribution in [3.8, 4) is 5.75 Å². The monoisotopic (exact) mass is 442 g/mol. The zero-order valence-corrected chi connectivity index (χ0v) is 18.2. The molecular weight excluding hydrogens is 420 g/mol. The van der Waals surface area contributed by atoms with Gasteiger partial charge in [0, 0.05) is 27.7 Å². The lowest BCUT2D eigenvalue weighted by molar-refractivity contribution is -0.140. The molecule has 2 N–H and O–H groups in total. The number of furan rings is 1. The fraction of sp³-hybridized carbons (Fsp3) is 0.154. The van der Waals surface area contributed by atoms with E-state index in [0.29, 0.717) is 17.1 Å². The van der Waals surface area contributed by atoms with Gasteiger partial charge in [-0.15, -0.1) is 0 Å². The van der Waals surface area contributed by atoms with Gasteiger partial charge in [0.1, 0.15) is 17.3 Å². The van der Waals surface area contributed by atoms with Gasteiger partial charge in [-0.1, -0.05) is 18.2 Å². The number of hydrogen-bond acceptors (Lipinski definition) is 5. The predicted octanol–water partition coefficient (Wildman–Crippen LogP) is 4.70. The molecule has 0 aliphatic carbocycles. The van der Waals surface area contributed by atoms with Crippen molar-refractivity contribution in [3.63, 3.8) is 0 Å². The lowest BCUT2D eigenvalue weighted by atomic mass is 9.93. The summed E-state index contributed by atoms with van der Waals surface area (Å²) in [5.74, 6) is -0.481. The molecule has 0 radical (unpaired) electrons. The molecule has 0 spiro atoms. The van der Waals surface area contributed by atoms with E-state index in [0.717, 1.165) is 22.2 Å². The van der Waals surface area contributed by atoms with Crippen LogP contribution in [0.1, 0.15) is 28.6 Å². The number of methoxy groups -OCH3 is 1. The van der Waals surface area contributed by atoms with Crippen molar-refractivity contribution in [1.82, 2.24) is 9.88 Å². The Kier molecular flexibility index (Phi) is 5.01. The number of fused-ring (bicyclic) bond motifs is 1. The maximum atomic E-state index is 13.3. The predicted molar refractivity (Wildman–Crippen MR) is 123 cm³/mol. The lowest BCUT2D eigenvalue weighted by Gasteiger charge is -2.25. The maximum Gasteiger partial charge on any atom is 0.296 e. The number of para-hydroxylation sites is 1. The number of aryl methyl sites for hydroxylation is 1. The number of hydrogen-bond donors (Lipinski definition) is 2. The van der Waals surface area contributed by atoms with Crippen LogP contribution in [0.15, 0.2) is 76.9 Å². The second-order valence-corrected chi connectivity index (χ2v) is 7.94. The molecule has 0 saturated carbocycles. The Labute approximate surface area is 189 Å². The zero-order chi connectivity index (χ0) is 23.1. The SMILES string of the molecule is COc1ccc(/C(O)=C2\C(=O)C(=O)N(Cc3ccco3)C2c2c(C)[nH]c3ccccc23)cc1. The third kappa shape index (κ3) is 3.38. The van der Waals surface area contributed by atoms with Gasteiger partial charge in [0.25, 0.3) is 11.7 Å². The summed E-state index contributed by atoms with van der Waals surface area (Å²) >= 11 is 0. The maximum absolute atomic E-state index is 13.3. The van der Waals surface area contributed by atoms with Crippen molar-refractivity contribution in [1.29, 1.82) is 0 Å². The van der Waals surface area contributed by atoms with E-state index in [4.69, 9.17) is 9.15 Å². The van der Waals surface area contributed by atoms with Gasteiger partial charge in [0.2, 0.25) is 0 Å². The molecule has 166 valence electrons. The number of H-pyrrole nitrogens is 1. The molecule has 7 heteroatoms. The molecule has 5 rings (SSSR count). The number of Topliss-reactive ketones (excluding diaryl/α,β-unsaturated/α-hetero) is 1. The minimum absolute atomic E-state index is 0.0459. The molecule has 1 saturated heterocycles. The summed E-state index contributed by atoms with van der Waals surface area (Å²) in [6, 6.07) is 17.1. The number of amides is 1. The number of rotatable bonds is 5. The van der Waals surface area contributed by atoms with Gasteiger partial charge in [-0.25, -0.2) is 0 Å². The van der Waals surface area contributed by atoms with Crippen molar-refractivity contribution in [2.45, 2.75) is 19.5 Å². The summed E-state index contributed by atoms with van der Waals surface area (Å²) in [7, 11) is 1.55. The van der Waals surface area contributed by atoms with Crippen LogP contribution < -0.4 is 4.74 Å². The number of ether oxygens (including phenoxy) is 1. The molecule has 7 nitrogen and oxygen atoms in total. The largest absolute Gasteiger partial charge is 0.507 e. The number of aliphatic hydroxyl groups is 1. The first kappa shape index (κ1) is 20.6. The van der Waals surface area contributed by atoms with Crippen LogP contribution in [0.25, 0.3) is 16.7 Å². The molecule has 1 atom stereocenters. The number of ketones is 1. The van der Waals surface area contributed by atoms with E-state index in [1.807, 2.05) is 31.2 Å². The van der Waals surface area contributed by atoms with Crippen LogP contribution >= 0.6 is 0 Å². The summed E-state index contributed by atoms with van der Waals surface area (Å²) < 4.78 is 10.7. The molecule has 2 aromatic carbocycles. The summed E-state index contributed by atoms with van der Waals surface area (Å²) in [6.45, 7) is 2.00. The van der Waals surface area contributed by atoms with Crippen LogP contribution in [-0.4, -0.2) is 33.8 Å². The first-order valence-corrected chi connectivity index (χ1v) is 10.5. The number of likely N-dealkylation sites (tertiary alicyclic amines) is 1. The fourth-order valence-electron chi connectivity index (χ4n) is 4.47. The molecule has 1 fully saturated rings. The first-order valence-electron chi connectivity index (χ1n) is 10.5. The Morgan fingerprint density at radius 3 is 2.55 bits per heavy atom. The van der Waals surface area contributed by atoms with Gasteiger partial charge in [0.15, 0.2) is 0 Å². The molecule has 1 aliphatic heterocycles. The van der Waals surface area contributed by atoms with E-state index in [1.54, 1.807) is 43.5 Å². The molecular formula is C26H22N2O5. The molecule has 4 aromatic rings. The Balaban J connectivity index is 1.73. The molecule has 1 amide bonds. The smallest absolute Gasteiger partial charge is 0.296 e. The molecule has 1 aliphatic rings. The highest BCUT2D eigenvalue weighted by Gasteiger charge is 2.47. The average Bonchev–Trinajstić information content (AvgIpc) is 3.52. The van der Waals surface area contributed by atoms with Crippen molar-refractivity contribution in [3.05, 3.63) is 95.1 Å². The first-order chi connectivity index (χ1) is 16.0. The van der Waals surface area contributed by atoms with E-state index < -0.39 is 17.7 Å². The molecule has 33 heavy (non-hydrogen) atoms. The number of nitrogens with zero attached hydrogens (tertiary/aromatic N) is 1. The van der Waals surface area contributed by atoms with E-state index >= 15 is 0 Å². The molecule has 1 unspecified atom stereocenters. The standard InChI is InChI=1S/C26H22N2O5/c1-15-21(19-7-3-4-8-20(19)27-15)23-22(24(29)16-9-11-17(32-2)12-10-16)25(30)26(31)28(23)14-18-6-5-13-33-18/h3-13,23,27,29H,14H2,1-2H3/b24-22+. The van der Waals surface area contributed by atoms with Crippen molar-refractivity contribution < 1.29 is 23.8 Å². The van der Waals surface area contributed by atoms with Crippen LogP contribution in [0, 0.1) is 6.92 Å². The van der Waals surface area contributed by atoms with Gasteiger partial charge in [0.05, 0.1) is 31.5 Å². The van der Waals surface area contributed by atoms with E-state index in [-0.39, 0.29) is 17.9 Å². The van der Waals surface area contributed by atoms with Gasteiger partial charge < -0.3 is 24.1 Å². The second-order valence-electron chi connectivity index (χ2n) is 7.94. The van der Waals surface area contributed by atoms with Crippen LogP contribution in [0.3, 0.4) is 0 Å². The number of carbonyl (C=O) groups is 2. The minimum atomic E-state index is -0.784. The third-order valence-electron chi connectivity index (χ3n) is 6.03. The Morgan fingerprint density at radius 2 is 1.85 bits per heavy atom. The highest BCUT2D eigenvalue weighted by molar-refractivity contribution is 6.46. The number of carbonyl (C=O) groups excluding carboxylic acids is 2. The quantitative estimate of drug-likeness (QED) is 0.265. The van der Waals surface area contributed by atoms with E-state index in [2.05, 4.69) is 4.98 Å². The molecule has 0 bridgehead atoms. The highest BCUT2D eigenvalue weighted by Crippen LogP contribution is 2.44. The normalized spacial score (nSPS) is 17.8. The number of aromatic nitrogens is 1. The van der Waals surface area contributed by atoms with Gasteiger partial charge >= 0.3 is 0 Å². The molecule has 3 heterocycles. The Hall–Kier alpha value is -4.26. The fourth-order valence-corrected chi connectivity index (χ4v) is 4.47. The van der Waals surface area contributed by atoms with E-state index in [1.165, 1.54) is 11.2 Å². The van der Waals surface area contributed by atoms with Crippen LogP contribution in [0.5, 0.6) is 5.75 Å². The number of aliphatic hydroxyl groups excluding tert-OH is 1. The number of nitrogens with one attached hydrogen (secondary N) is 1. The van der Waals surface area contributed by atoms with Crippen molar-refractivity contribution in [2.24, 2.45) is 0 Å². The summed E-state index contributed by atoms with van der Waals surface area (Å²) in [6.07, 6.45) is 1.52. The van der Waals surface area contributed by atoms with Crippen LogP contribution in [-0.2, 0) is 16.1 Å². The third-order valence-corrected chi connectivity index (χ3v) is 6.03. The highest BCUT2D eigenvalue weighted by atomic mass is 16.5. The lowest BCUT2D eigenvalue weighted by Crippen LogP contribution is -2.29. The van der Waals surface area contributed by atoms with Gasteiger partial charge in [-0.05, 0) is 49.4 Å². The zero-order valence-electron chi connectivity index (χ0n) is 18.2. The number of benzene rings is 2. The number of aromatic amines is 1. The van der Waals surface area contributed by atoms with Crippen molar-refractivity contribution >= 4 is 28.4 Å².